The molecule has 3 fully saturated rings. The van der Waals surface area contributed by atoms with Crippen LogP contribution in [-0.2, 0) is 61.8 Å². The lowest BCUT2D eigenvalue weighted by atomic mass is 9.88. The van der Waals surface area contributed by atoms with Crippen molar-refractivity contribution >= 4 is 23.9 Å². The van der Waals surface area contributed by atoms with Crippen LogP contribution in [-0.4, -0.2) is 93.1 Å². The van der Waals surface area contributed by atoms with E-state index in [4.69, 9.17) is 42.6 Å². The van der Waals surface area contributed by atoms with E-state index in [1.807, 2.05) is 27.7 Å². The fourth-order valence-corrected chi connectivity index (χ4v) is 6.35. The lowest BCUT2D eigenvalue weighted by Crippen LogP contribution is -2.58. The third-order valence-electron chi connectivity index (χ3n) is 11.0. The fourth-order valence-electron chi connectivity index (χ4n) is 6.35. The second-order valence-corrected chi connectivity index (χ2v) is 15.6. The molecule has 3 saturated heterocycles. The first kappa shape index (κ1) is 45.3. The van der Waals surface area contributed by atoms with Crippen molar-refractivity contribution in [3.63, 3.8) is 0 Å². The fraction of sp³-hybridized carbons (Fsp3) is 0.756. The normalized spacial score (nSPS) is 33.3. The van der Waals surface area contributed by atoms with Gasteiger partial charge in [0.25, 0.3) is 0 Å². The summed E-state index contributed by atoms with van der Waals surface area (Å²) >= 11 is 0. The zero-order valence-corrected chi connectivity index (χ0v) is 34.2. The van der Waals surface area contributed by atoms with Gasteiger partial charge in [0.2, 0.25) is 6.29 Å². The Hall–Kier alpha value is -3.10. The molecule has 0 amide bonds. The second kappa shape index (κ2) is 20.7. The van der Waals surface area contributed by atoms with Crippen LogP contribution >= 0.6 is 0 Å². The van der Waals surface area contributed by atoms with E-state index in [-0.39, 0.29) is 25.0 Å². The highest BCUT2D eigenvalue weighted by atomic mass is 16.8. The quantitative estimate of drug-likeness (QED) is 0.172. The molecule has 4 rings (SSSR count). The van der Waals surface area contributed by atoms with Gasteiger partial charge in [0, 0.05) is 38.5 Å². The Balaban J connectivity index is 0.000000676. The summed E-state index contributed by atoms with van der Waals surface area (Å²) < 4.78 is 52.9. The Morgan fingerprint density at radius 2 is 1.09 bits per heavy atom. The smallest absolute Gasteiger partial charge is 0.313 e. The third-order valence-corrected chi connectivity index (χ3v) is 11.0. The first-order valence-electron chi connectivity index (χ1n) is 19.3. The van der Waals surface area contributed by atoms with Gasteiger partial charge in [0.15, 0.2) is 30.9 Å². The number of carbonyl (C=O) groups is 4. The summed E-state index contributed by atoms with van der Waals surface area (Å²) in [6.45, 7) is 21.9. The molecule has 13 unspecified atom stereocenters. The van der Waals surface area contributed by atoms with E-state index in [9.17, 15) is 19.2 Å². The molecule has 1 aromatic rings. The minimum Gasteiger partial charge on any atom is -0.457 e. The molecule has 13 nitrogen and oxygen atoms in total. The van der Waals surface area contributed by atoms with Crippen LogP contribution in [0, 0.1) is 29.1 Å². The van der Waals surface area contributed by atoms with Crippen LogP contribution in [0.25, 0.3) is 0 Å². The monoisotopic (exact) mass is 764 g/mol. The Morgan fingerprint density at radius 1 is 0.667 bits per heavy atom. The summed E-state index contributed by atoms with van der Waals surface area (Å²) in [6.07, 6.45) is -4.87. The van der Waals surface area contributed by atoms with Crippen molar-refractivity contribution < 1.29 is 61.8 Å². The molecule has 306 valence electrons. The molecule has 0 saturated carbocycles. The average Bonchev–Trinajstić information content (AvgIpc) is 3.12. The summed E-state index contributed by atoms with van der Waals surface area (Å²) in [6, 6.07) is 10.6. The summed E-state index contributed by atoms with van der Waals surface area (Å²) in [5.41, 5.74) is 0.699. The Morgan fingerprint density at radius 3 is 1.54 bits per heavy atom. The van der Waals surface area contributed by atoms with Gasteiger partial charge in [0.05, 0.1) is 37.4 Å². The number of hydrogen-bond acceptors (Lipinski definition) is 13. The van der Waals surface area contributed by atoms with Crippen LogP contribution < -0.4 is 0 Å². The van der Waals surface area contributed by atoms with Crippen molar-refractivity contribution in [3.8, 4) is 0 Å². The van der Waals surface area contributed by atoms with Crippen molar-refractivity contribution in [1.82, 2.24) is 0 Å². The lowest BCUT2D eigenvalue weighted by molar-refractivity contribution is -0.333. The Labute approximate surface area is 321 Å². The standard InChI is InChI=1S/C31H50O13.C10H14/c1-11-31(9,10)30(35)44-29-26(41-21(8)34)18(5)23(14-38-29)43-28-25(40-20(7)33)17(4)22(13-37-28)42-27-24(39-19(6)32)16(3)15(2)12-36-27;1-3-9(2)10-7-5-4-6-8-10/h15-18,22-29H,11-14H2,1-10H3;4-9H,3H2,1-2H3. The zero-order chi connectivity index (χ0) is 40.3. The summed E-state index contributed by atoms with van der Waals surface area (Å²) in [5.74, 6) is -2.05. The predicted octanol–water partition coefficient (Wildman–Crippen LogP) is 6.34. The van der Waals surface area contributed by atoms with Crippen molar-refractivity contribution in [1.29, 1.82) is 0 Å². The molecule has 54 heavy (non-hydrogen) atoms. The molecule has 13 atom stereocenters. The third kappa shape index (κ3) is 12.5. The Kier molecular flexibility index (Phi) is 17.4. The molecule has 0 aromatic heterocycles. The molecule has 13 heteroatoms. The highest BCUT2D eigenvalue weighted by Gasteiger charge is 2.50. The van der Waals surface area contributed by atoms with E-state index in [0.29, 0.717) is 18.9 Å². The zero-order valence-electron chi connectivity index (χ0n) is 34.2. The number of hydrogen-bond donors (Lipinski definition) is 0. The Bertz CT molecular complexity index is 1350. The minimum atomic E-state index is -1.12. The molecule has 3 heterocycles. The predicted molar refractivity (Wildman–Crippen MR) is 198 cm³/mol. The first-order valence-corrected chi connectivity index (χ1v) is 19.3. The first-order chi connectivity index (χ1) is 25.4. The van der Waals surface area contributed by atoms with E-state index in [0.717, 1.165) is 0 Å². The van der Waals surface area contributed by atoms with Gasteiger partial charge < -0.3 is 42.6 Å². The van der Waals surface area contributed by atoms with Gasteiger partial charge in [-0.3, -0.25) is 19.2 Å². The largest absolute Gasteiger partial charge is 0.457 e. The maximum absolute atomic E-state index is 12.8. The number of ether oxygens (including phenoxy) is 9. The molecule has 0 bridgehead atoms. The van der Waals surface area contributed by atoms with Gasteiger partial charge in [-0.1, -0.05) is 78.8 Å². The highest BCUT2D eigenvalue weighted by Crippen LogP contribution is 2.36. The van der Waals surface area contributed by atoms with Crippen LogP contribution in [0.1, 0.15) is 107 Å². The number of rotatable bonds is 12. The topological polar surface area (TPSA) is 151 Å². The van der Waals surface area contributed by atoms with Crippen LogP contribution in [0.3, 0.4) is 0 Å². The molecule has 0 spiro atoms. The summed E-state index contributed by atoms with van der Waals surface area (Å²) in [7, 11) is 0. The highest BCUT2D eigenvalue weighted by molar-refractivity contribution is 5.76. The van der Waals surface area contributed by atoms with Crippen LogP contribution in [0.15, 0.2) is 30.3 Å². The van der Waals surface area contributed by atoms with Crippen molar-refractivity contribution in [2.45, 2.75) is 151 Å². The van der Waals surface area contributed by atoms with Crippen LogP contribution in [0.2, 0.25) is 0 Å². The molecular weight excluding hydrogens is 700 g/mol. The molecule has 0 N–H and O–H groups in total. The summed E-state index contributed by atoms with van der Waals surface area (Å²) in [5, 5.41) is 0. The van der Waals surface area contributed by atoms with Crippen molar-refractivity contribution in [2.75, 3.05) is 19.8 Å². The van der Waals surface area contributed by atoms with E-state index in [1.54, 1.807) is 20.8 Å². The van der Waals surface area contributed by atoms with Gasteiger partial charge in [-0.15, -0.1) is 0 Å². The number of benzene rings is 1. The van der Waals surface area contributed by atoms with Gasteiger partial charge in [-0.05, 0) is 44.1 Å². The van der Waals surface area contributed by atoms with Crippen molar-refractivity contribution in [2.24, 2.45) is 29.1 Å². The maximum atomic E-state index is 12.8. The van der Waals surface area contributed by atoms with Gasteiger partial charge in [-0.25, -0.2) is 0 Å². The minimum absolute atomic E-state index is 0.000441. The van der Waals surface area contributed by atoms with Gasteiger partial charge >= 0.3 is 23.9 Å². The number of carbonyl (C=O) groups excluding carboxylic acids is 4. The molecule has 3 aliphatic rings. The van der Waals surface area contributed by atoms with Crippen LogP contribution in [0.4, 0.5) is 0 Å². The molecule has 3 aliphatic heterocycles. The second-order valence-electron chi connectivity index (χ2n) is 15.6. The van der Waals surface area contributed by atoms with Gasteiger partial charge in [-0.2, -0.15) is 0 Å². The number of esters is 4. The SMILES string of the molecule is CCC(C)(C)C(=O)OC1OCC(OC2OCC(OC3OCC(C)C(C)C3OC(C)=O)C(C)C2OC(C)=O)C(C)C1OC(C)=O.CCC(C)c1ccccc1. The molecule has 0 radical (unpaired) electrons. The average molecular weight is 765 g/mol. The van der Waals surface area contributed by atoms with E-state index < -0.39 is 90.5 Å². The molecule has 0 aliphatic carbocycles. The van der Waals surface area contributed by atoms with Gasteiger partial charge in [0.1, 0.15) is 0 Å². The summed E-state index contributed by atoms with van der Waals surface area (Å²) in [4.78, 5) is 48.7. The lowest BCUT2D eigenvalue weighted by Gasteiger charge is -2.46. The van der Waals surface area contributed by atoms with E-state index in [2.05, 4.69) is 44.2 Å². The van der Waals surface area contributed by atoms with Crippen molar-refractivity contribution in [3.05, 3.63) is 35.9 Å². The molecule has 1 aromatic carbocycles. The van der Waals surface area contributed by atoms with Crippen LogP contribution in [0.5, 0.6) is 0 Å². The van der Waals surface area contributed by atoms with E-state index in [1.165, 1.54) is 32.8 Å². The van der Waals surface area contributed by atoms with E-state index >= 15 is 0 Å². The maximum Gasteiger partial charge on any atom is 0.313 e. The molecular formula is C41H64O13.